The number of fused-ring (bicyclic) bond motifs is 2. The highest BCUT2D eigenvalue weighted by molar-refractivity contribution is 5.91. The molecule has 268 valence electrons. The SMILES string of the molecule is C/C=C(/c1cc(CC)c2cc3c(cc2c1)CC1(CC3)CC1C)C(C)[C@H](CCC1(C)CCC2(CC1)CC(C)C2)C1=CC=C(c2ccccc2)CC=C1. The molecule has 5 aliphatic carbocycles. The van der Waals surface area contributed by atoms with Gasteiger partial charge in [-0.2, -0.15) is 0 Å². The van der Waals surface area contributed by atoms with Gasteiger partial charge in [-0.1, -0.05) is 114 Å². The third-order valence-corrected chi connectivity index (χ3v) is 15.3. The quantitative estimate of drug-likeness (QED) is 0.212. The minimum absolute atomic E-state index is 0.430. The van der Waals surface area contributed by atoms with E-state index < -0.39 is 0 Å². The predicted octanol–water partition coefficient (Wildman–Crippen LogP) is 14.3. The molecule has 8 rings (SSSR count). The average molecular weight is 677 g/mol. The maximum Gasteiger partial charge on any atom is -0.00883 e. The Morgan fingerprint density at radius 2 is 1.67 bits per heavy atom. The van der Waals surface area contributed by atoms with Crippen molar-refractivity contribution in [2.45, 2.75) is 131 Å². The molecule has 0 heteroatoms. The van der Waals surface area contributed by atoms with E-state index in [1.54, 1.807) is 11.1 Å². The van der Waals surface area contributed by atoms with Crippen molar-refractivity contribution in [3.63, 3.8) is 0 Å². The van der Waals surface area contributed by atoms with E-state index in [0.717, 1.165) is 24.7 Å². The third-order valence-electron chi connectivity index (χ3n) is 15.3. The predicted molar refractivity (Wildman–Crippen MR) is 221 cm³/mol. The van der Waals surface area contributed by atoms with Crippen LogP contribution in [0.2, 0.25) is 0 Å². The molecule has 0 radical (unpaired) electrons. The van der Waals surface area contributed by atoms with Gasteiger partial charge in [0.15, 0.2) is 0 Å². The van der Waals surface area contributed by atoms with Gasteiger partial charge in [-0.15, -0.1) is 0 Å². The molecule has 0 heterocycles. The number of benzene rings is 3. The van der Waals surface area contributed by atoms with Gasteiger partial charge in [-0.25, -0.2) is 0 Å². The Labute approximate surface area is 310 Å². The highest BCUT2D eigenvalue weighted by Crippen LogP contribution is 2.61. The van der Waals surface area contributed by atoms with Gasteiger partial charge < -0.3 is 0 Å². The third kappa shape index (κ3) is 6.80. The highest BCUT2D eigenvalue weighted by Gasteiger charge is 2.52. The summed E-state index contributed by atoms with van der Waals surface area (Å²) in [4.78, 5) is 0. The van der Waals surface area contributed by atoms with Crippen molar-refractivity contribution < 1.29 is 0 Å². The molecule has 0 aliphatic heterocycles. The van der Waals surface area contributed by atoms with Crippen LogP contribution in [0, 0.1) is 39.9 Å². The average Bonchev–Trinajstić information content (AvgIpc) is 3.82. The first-order valence-electron chi connectivity index (χ1n) is 21.0. The molecule has 5 aliphatic rings. The normalized spacial score (nSPS) is 31.5. The van der Waals surface area contributed by atoms with Gasteiger partial charge in [0.2, 0.25) is 0 Å². The Bertz CT molecular complexity index is 1880. The van der Waals surface area contributed by atoms with E-state index in [0.29, 0.717) is 28.1 Å². The topological polar surface area (TPSA) is 0 Å². The zero-order chi connectivity index (χ0) is 35.4. The lowest BCUT2D eigenvalue weighted by molar-refractivity contribution is -0.0194. The fraction of sp³-hybridized carbons (Fsp3) is 0.529. The van der Waals surface area contributed by atoms with Crippen LogP contribution in [-0.4, -0.2) is 0 Å². The van der Waals surface area contributed by atoms with Gasteiger partial charge in [-0.05, 0) is 198 Å². The van der Waals surface area contributed by atoms with Crippen molar-refractivity contribution >= 4 is 21.9 Å². The van der Waals surface area contributed by atoms with Crippen molar-refractivity contribution in [1.82, 2.24) is 0 Å². The molecule has 51 heavy (non-hydrogen) atoms. The minimum atomic E-state index is 0.430. The van der Waals surface area contributed by atoms with Crippen LogP contribution in [0.4, 0.5) is 0 Å². The molecule has 0 N–H and O–H groups in total. The van der Waals surface area contributed by atoms with E-state index in [1.165, 1.54) is 121 Å². The van der Waals surface area contributed by atoms with E-state index in [1.807, 2.05) is 0 Å². The largest absolute Gasteiger partial charge is 0.0835 e. The summed E-state index contributed by atoms with van der Waals surface area (Å²) in [5.41, 5.74) is 13.8. The first kappa shape index (κ1) is 34.9. The van der Waals surface area contributed by atoms with Gasteiger partial charge in [0.25, 0.3) is 0 Å². The molecular formula is C51H64. The number of hydrogen-bond acceptors (Lipinski definition) is 0. The van der Waals surface area contributed by atoms with Gasteiger partial charge in [0.1, 0.15) is 0 Å². The molecule has 3 saturated carbocycles. The van der Waals surface area contributed by atoms with Gasteiger partial charge in [0.05, 0.1) is 0 Å². The molecule has 3 fully saturated rings. The monoisotopic (exact) mass is 677 g/mol. The Balaban J connectivity index is 1.11. The second-order valence-corrected chi connectivity index (χ2v) is 18.8. The fourth-order valence-corrected chi connectivity index (χ4v) is 11.8. The van der Waals surface area contributed by atoms with Crippen LogP contribution in [0.5, 0.6) is 0 Å². The standard InChI is InChI=1S/C51H64/c1-7-38-27-43(28-44-29-45-34-51(33-36(51)4)22-19-42(45)30-48(38)44)46(8-2)37(5)47(20-21-49(6)23-25-50(26-24-49)31-35(3)32-50)41-16-12-15-40(17-18-41)39-13-10-9-11-14-39/h8-14,16-18,27-30,35-37,47H,7,15,19-26,31-34H2,1-6H3/b46-8+/t35?,36?,37?,47-,49?,50?,51?/m0/s1. The number of allylic oxidation sites excluding steroid dienone is 8. The molecule has 4 atom stereocenters. The summed E-state index contributed by atoms with van der Waals surface area (Å²) in [5, 5.41) is 2.96. The van der Waals surface area contributed by atoms with E-state index >= 15 is 0 Å². The first-order chi connectivity index (χ1) is 24.6. The second kappa shape index (κ2) is 13.7. The van der Waals surface area contributed by atoms with E-state index in [9.17, 15) is 0 Å². The highest BCUT2D eigenvalue weighted by atomic mass is 14.6. The summed E-state index contributed by atoms with van der Waals surface area (Å²) in [7, 11) is 0. The fourth-order valence-electron chi connectivity index (χ4n) is 11.8. The van der Waals surface area contributed by atoms with Crippen molar-refractivity contribution in [1.29, 1.82) is 0 Å². The molecule has 0 bridgehead atoms. The van der Waals surface area contributed by atoms with Crippen molar-refractivity contribution in [3.05, 3.63) is 118 Å². The van der Waals surface area contributed by atoms with Crippen molar-refractivity contribution in [3.8, 4) is 0 Å². The summed E-state index contributed by atoms with van der Waals surface area (Å²) in [5.74, 6) is 2.76. The minimum Gasteiger partial charge on any atom is -0.0835 e. The first-order valence-corrected chi connectivity index (χ1v) is 21.0. The van der Waals surface area contributed by atoms with Crippen LogP contribution in [0.1, 0.15) is 140 Å². The zero-order valence-corrected chi connectivity index (χ0v) is 32.8. The maximum absolute atomic E-state index is 2.63. The van der Waals surface area contributed by atoms with Gasteiger partial charge in [0, 0.05) is 0 Å². The molecule has 3 unspecified atom stereocenters. The van der Waals surface area contributed by atoms with E-state index in [-0.39, 0.29) is 0 Å². The van der Waals surface area contributed by atoms with Crippen LogP contribution in [0.15, 0.2) is 90.6 Å². The Hall–Kier alpha value is -3.12. The number of hydrogen-bond donors (Lipinski definition) is 0. The van der Waals surface area contributed by atoms with Gasteiger partial charge >= 0.3 is 0 Å². The lowest BCUT2D eigenvalue weighted by Gasteiger charge is -2.53. The van der Waals surface area contributed by atoms with E-state index in [4.69, 9.17) is 0 Å². The molecule has 0 saturated heterocycles. The zero-order valence-electron chi connectivity index (χ0n) is 32.8. The van der Waals surface area contributed by atoms with Crippen molar-refractivity contribution in [2.24, 2.45) is 39.9 Å². The second-order valence-electron chi connectivity index (χ2n) is 18.8. The summed E-state index contributed by atoms with van der Waals surface area (Å²) in [6.07, 6.45) is 31.1. The summed E-state index contributed by atoms with van der Waals surface area (Å²) in [6, 6.07) is 21.3. The van der Waals surface area contributed by atoms with Crippen LogP contribution < -0.4 is 0 Å². The van der Waals surface area contributed by atoms with Gasteiger partial charge in [-0.3, -0.25) is 0 Å². The number of rotatable bonds is 9. The summed E-state index contributed by atoms with van der Waals surface area (Å²) < 4.78 is 0. The van der Waals surface area contributed by atoms with Crippen molar-refractivity contribution in [2.75, 3.05) is 0 Å². The molecule has 0 nitrogen and oxygen atoms in total. The summed E-state index contributed by atoms with van der Waals surface area (Å²) >= 11 is 0. The molecule has 0 amide bonds. The molecule has 0 aromatic heterocycles. The van der Waals surface area contributed by atoms with Crippen LogP contribution in [0.3, 0.4) is 0 Å². The Morgan fingerprint density at radius 3 is 2.35 bits per heavy atom. The lowest BCUT2D eigenvalue weighted by Crippen LogP contribution is -2.41. The van der Waals surface area contributed by atoms with Crippen LogP contribution in [-0.2, 0) is 19.3 Å². The molecule has 2 spiro atoms. The van der Waals surface area contributed by atoms with Crippen LogP contribution in [0.25, 0.3) is 21.9 Å². The molecule has 3 aromatic rings. The van der Waals surface area contributed by atoms with E-state index in [2.05, 4.69) is 127 Å². The summed E-state index contributed by atoms with van der Waals surface area (Å²) in [6.45, 7) is 14.8. The maximum atomic E-state index is 2.63. The lowest BCUT2D eigenvalue weighted by atomic mass is 9.52. The molecular weight excluding hydrogens is 613 g/mol. The molecule has 3 aromatic carbocycles. The smallest absolute Gasteiger partial charge is 0.00883 e. The Morgan fingerprint density at radius 1 is 0.902 bits per heavy atom. The Kier molecular flexibility index (Phi) is 9.38. The van der Waals surface area contributed by atoms with Crippen LogP contribution >= 0.6 is 0 Å². The number of aryl methyl sites for hydroxylation is 2.